The van der Waals surface area contributed by atoms with Gasteiger partial charge in [-0.05, 0) is 24.1 Å². The number of hydrogen-bond donors (Lipinski definition) is 0. The lowest BCUT2D eigenvalue weighted by atomic mass is 10.1. The lowest BCUT2D eigenvalue weighted by Crippen LogP contribution is -2.36. The monoisotopic (exact) mass is 388 g/mol. The summed E-state index contributed by atoms with van der Waals surface area (Å²) in [5, 5.41) is 0. The van der Waals surface area contributed by atoms with Crippen LogP contribution >= 0.6 is 11.8 Å². The van der Waals surface area contributed by atoms with Gasteiger partial charge in [-0.2, -0.15) is 13.2 Å². The van der Waals surface area contributed by atoms with E-state index in [9.17, 15) is 18.0 Å². The highest BCUT2D eigenvalue weighted by Crippen LogP contribution is 2.29. The summed E-state index contributed by atoms with van der Waals surface area (Å²) in [4.78, 5) is 16.5. The van der Waals surface area contributed by atoms with Crippen molar-refractivity contribution in [2.24, 2.45) is 0 Å². The number of alkyl halides is 3. The van der Waals surface area contributed by atoms with Gasteiger partial charge < -0.3 is 4.90 Å². The lowest BCUT2D eigenvalue weighted by Gasteiger charge is -2.24. The first-order chi connectivity index (χ1) is 12.0. The molecule has 0 radical (unpaired) electrons. The van der Waals surface area contributed by atoms with Gasteiger partial charge in [0.15, 0.2) is 0 Å². The molecule has 0 N–H and O–H groups in total. The second-order valence-corrected chi connectivity index (χ2v) is 9.41. The Morgan fingerprint density at radius 3 is 2.27 bits per heavy atom. The first-order valence-corrected chi connectivity index (χ1v) is 9.83. The SMILES string of the molecule is CC(C)(C)SCC(=O)N1CCCN(Cc2ccc(C(F)(F)F)cc2)CC1. The molecular formula is C19H27F3N2OS. The van der Waals surface area contributed by atoms with Gasteiger partial charge in [0.05, 0.1) is 11.3 Å². The molecular weight excluding hydrogens is 361 g/mol. The van der Waals surface area contributed by atoms with E-state index in [1.807, 2.05) is 4.90 Å². The van der Waals surface area contributed by atoms with Crippen LogP contribution in [0.4, 0.5) is 13.2 Å². The van der Waals surface area contributed by atoms with Gasteiger partial charge >= 0.3 is 6.18 Å². The van der Waals surface area contributed by atoms with Crippen LogP contribution in [0.15, 0.2) is 24.3 Å². The summed E-state index contributed by atoms with van der Waals surface area (Å²) in [5.74, 6) is 0.656. The van der Waals surface area contributed by atoms with E-state index in [2.05, 4.69) is 25.7 Å². The number of rotatable bonds is 4. The maximum absolute atomic E-state index is 12.6. The number of carbonyl (C=O) groups is 1. The van der Waals surface area contributed by atoms with Crippen molar-refractivity contribution in [3.63, 3.8) is 0 Å². The number of carbonyl (C=O) groups excluding carboxylic acids is 1. The molecule has 1 aliphatic heterocycles. The van der Waals surface area contributed by atoms with Crippen LogP contribution in [-0.2, 0) is 17.5 Å². The minimum atomic E-state index is -4.30. The molecule has 0 spiro atoms. The predicted molar refractivity (Wildman–Crippen MR) is 100 cm³/mol. The second-order valence-electron chi connectivity index (χ2n) is 7.61. The largest absolute Gasteiger partial charge is 0.416 e. The summed E-state index contributed by atoms with van der Waals surface area (Å²) < 4.78 is 38.0. The first-order valence-electron chi connectivity index (χ1n) is 8.85. The summed E-state index contributed by atoms with van der Waals surface area (Å²) in [6.07, 6.45) is -3.42. The van der Waals surface area contributed by atoms with E-state index in [1.165, 1.54) is 12.1 Å². The quantitative estimate of drug-likeness (QED) is 0.770. The fourth-order valence-electron chi connectivity index (χ4n) is 2.81. The molecule has 0 aliphatic carbocycles. The average Bonchev–Trinajstić information content (AvgIpc) is 2.77. The number of hydrogen-bond acceptors (Lipinski definition) is 3. The van der Waals surface area contributed by atoms with Gasteiger partial charge in [-0.3, -0.25) is 9.69 Å². The number of benzene rings is 1. The minimum absolute atomic E-state index is 0.0656. The van der Waals surface area contributed by atoms with Gasteiger partial charge in [0.2, 0.25) is 5.91 Å². The molecule has 1 heterocycles. The fraction of sp³-hybridized carbons (Fsp3) is 0.632. The molecule has 0 bridgehead atoms. The van der Waals surface area contributed by atoms with Crippen molar-refractivity contribution in [2.75, 3.05) is 31.9 Å². The maximum atomic E-state index is 12.6. The van der Waals surface area contributed by atoms with E-state index >= 15 is 0 Å². The Hall–Kier alpha value is -1.21. The molecule has 1 aromatic rings. The van der Waals surface area contributed by atoms with Crippen molar-refractivity contribution in [1.29, 1.82) is 0 Å². The Morgan fingerprint density at radius 2 is 1.69 bits per heavy atom. The second kappa shape index (κ2) is 8.65. The van der Waals surface area contributed by atoms with E-state index in [1.54, 1.807) is 11.8 Å². The third-order valence-corrected chi connectivity index (χ3v) is 5.51. The van der Waals surface area contributed by atoms with Crippen molar-refractivity contribution in [1.82, 2.24) is 9.80 Å². The molecule has 0 saturated carbocycles. The van der Waals surface area contributed by atoms with Gasteiger partial charge in [-0.15, -0.1) is 11.8 Å². The van der Waals surface area contributed by atoms with Crippen LogP contribution in [0.1, 0.15) is 38.3 Å². The third-order valence-electron chi connectivity index (χ3n) is 4.26. The molecule has 0 aromatic heterocycles. The van der Waals surface area contributed by atoms with Crippen molar-refractivity contribution in [2.45, 2.75) is 44.7 Å². The molecule has 7 heteroatoms. The van der Waals surface area contributed by atoms with Crippen LogP contribution in [0.5, 0.6) is 0 Å². The first kappa shape index (κ1) is 21.1. The zero-order valence-corrected chi connectivity index (χ0v) is 16.4. The van der Waals surface area contributed by atoms with Gasteiger partial charge in [0.1, 0.15) is 0 Å². The Labute approximate surface area is 157 Å². The molecule has 26 heavy (non-hydrogen) atoms. The summed E-state index contributed by atoms with van der Waals surface area (Å²) in [7, 11) is 0. The molecule has 0 atom stereocenters. The van der Waals surface area contributed by atoms with Crippen LogP contribution in [0, 0.1) is 0 Å². The topological polar surface area (TPSA) is 23.6 Å². The molecule has 1 fully saturated rings. The van der Waals surface area contributed by atoms with E-state index in [4.69, 9.17) is 0 Å². The zero-order chi connectivity index (χ0) is 19.4. The average molecular weight is 388 g/mol. The number of amides is 1. The van der Waals surface area contributed by atoms with E-state index < -0.39 is 11.7 Å². The summed E-state index contributed by atoms with van der Waals surface area (Å²) in [6.45, 7) is 9.90. The molecule has 2 rings (SSSR count). The summed E-state index contributed by atoms with van der Waals surface area (Å²) in [6, 6.07) is 5.34. The minimum Gasteiger partial charge on any atom is -0.341 e. The Bertz CT molecular complexity index is 596. The highest BCUT2D eigenvalue weighted by Gasteiger charge is 2.30. The normalized spacial score (nSPS) is 17.2. The van der Waals surface area contributed by atoms with Crippen molar-refractivity contribution >= 4 is 17.7 Å². The molecule has 146 valence electrons. The fourth-order valence-corrected chi connectivity index (χ4v) is 3.54. The molecule has 0 unspecified atom stereocenters. The van der Waals surface area contributed by atoms with Gasteiger partial charge in [0, 0.05) is 37.5 Å². The van der Waals surface area contributed by atoms with Crippen LogP contribution in [0.25, 0.3) is 0 Å². The number of thioether (sulfide) groups is 1. The highest BCUT2D eigenvalue weighted by molar-refractivity contribution is 8.01. The Balaban J connectivity index is 1.85. The third kappa shape index (κ3) is 6.83. The summed E-state index contributed by atoms with van der Waals surface area (Å²) >= 11 is 1.65. The molecule has 1 aromatic carbocycles. The lowest BCUT2D eigenvalue weighted by molar-refractivity contribution is -0.137. The van der Waals surface area contributed by atoms with Crippen LogP contribution in [0.2, 0.25) is 0 Å². The van der Waals surface area contributed by atoms with E-state index in [0.717, 1.165) is 43.8 Å². The predicted octanol–water partition coefficient (Wildman–Crippen LogP) is 4.27. The van der Waals surface area contributed by atoms with Crippen LogP contribution < -0.4 is 0 Å². The molecule has 1 amide bonds. The maximum Gasteiger partial charge on any atom is 0.416 e. The van der Waals surface area contributed by atoms with Gasteiger partial charge in [-0.1, -0.05) is 32.9 Å². The van der Waals surface area contributed by atoms with Gasteiger partial charge in [0.25, 0.3) is 0 Å². The van der Waals surface area contributed by atoms with Gasteiger partial charge in [-0.25, -0.2) is 0 Å². The molecule has 1 aliphatic rings. The van der Waals surface area contributed by atoms with Crippen molar-refractivity contribution in [3.05, 3.63) is 35.4 Å². The number of nitrogens with zero attached hydrogens (tertiary/aromatic N) is 2. The Morgan fingerprint density at radius 1 is 1.04 bits per heavy atom. The smallest absolute Gasteiger partial charge is 0.341 e. The highest BCUT2D eigenvalue weighted by atomic mass is 32.2. The van der Waals surface area contributed by atoms with Crippen molar-refractivity contribution < 1.29 is 18.0 Å². The summed E-state index contributed by atoms with van der Waals surface area (Å²) in [5.41, 5.74) is 0.242. The zero-order valence-electron chi connectivity index (χ0n) is 15.6. The number of halogens is 3. The molecule has 3 nitrogen and oxygen atoms in total. The molecule has 1 saturated heterocycles. The van der Waals surface area contributed by atoms with Crippen LogP contribution in [-0.4, -0.2) is 52.4 Å². The van der Waals surface area contributed by atoms with Crippen molar-refractivity contribution in [3.8, 4) is 0 Å². The van der Waals surface area contributed by atoms with E-state index in [-0.39, 0.29) is 10.7 Å². The standard InChI is InChI=1S/C19H27F3N2OS/c1-18(2,3)26-14-17(25)24-10-4-9-23(11-12-24)13-15-5-7-16(8-6-15)19(20,21)22/h5-8H,4,9-14H2,1-3H3. The van der Waals surface area contributed by atoms with Crippen LogP contribution in [0.3, 0.4) is 0 Å². The van der Waals surface area contributed by atoms with E-state index in [0.29, 0.717) is 18.8 Å². The Kier molecular flexibility index (Phi) is 7.02.